The number of aromatic nitrogens is 2. The first-order chi connectivity index (χ1) is 9.35. The van der Waals surface area contributed by atoms with Gasteiger partial charge in [0.1, 0.15) is 5.01 Å². The summed E-state index contributed by atoms with van der Waals surface area (Å²) >= 11 is 3.43. The average molecular weight is 294 g/mol. The van der Waals surface area contributed by atoms with Crippen LogP contribution in [0.3, 0.4) is 0 Å². The molecule has 1 saturated heterocycles. The lowest BCUT2D eigenvalue weighted by atomic mass is 10.4. The van der Waals surface area contributed by atoms with E-state index in [2.05, 4.69) is 32.5 Å². The van der Waals surface area contributed by atoms with Gasteiger partial charge in [0.2, 0.25) is 0 Å². The van der Waals surface area contributed by atoms with E-state index in [9.17, 15) is 0 Å². The number of likely N-dealkylation sites (tertiary alicyclic amines) is 1. The summed E-state index contributed by atoms with van der Waals surface area (Å²) in [5.41, 5.74) is 1.05. The smallest absolute Gasteiger partial charge is 0.183 e. The van der Waals surface area contributed by atoms with Crippen LogP contribution in [-0.2, 0) is 6.54 Å². The third-order valence-corrected chi connectivity index (χ3v) is 5.00. The van der Waals surface area contributed by atoms with Gasteiger partial charge in [-0.05, 0) is 32.9 Å². The number of rotatable bonds is 5. The van der Waals surface area contributed by atoms with Crippen molar-refractivity contribution in [3.05, 3.63) is 16.6 Å². The van der Waals surface area contributed by atoms with Crippen molar-refractivity contribution >= 4 is 27.8 Å². The maximum atomic E-state index is 4.58. The van der Waals surface area contributed by atoms with E-state index in [1.165, 1.54) is 35.8 Å². The van der Waals surface area contributed by atoms with Crippen molar-refractivity contribution in [1.82, 2.24) is 14.9 Å². The lowest BCUT2D eigenvalue weighted by Crippen LogP contribution is -2.17. The van der Waals surface area contributed by atoms with Crippen LogP contribution in [0.1, 0.15) is 24.8 Å². The molecule has 1 aliphatic rings. The van der Waals surface area contributed by atoms with Crippen molar-refractivity contribution in [3.8, 4) is 10.6 Å². The summed E-state index contributed by atoms with van der Waals surface area (Å²) in [6.07, 6.45) is 4.62. The van der Waals surface area contributed by atoms with Gasteiger partial charge in [0.15, 0.2) is 5.13 Å². The molecule has 0 radical (unpaired) electrons. The molecule has 0 spiro atoms. The second-order valence-electron chi connectivity index (χ2n) is 4.67. The van der Waals surface area contributed by atoms with E-state index in [1.807, 2.05) is 6.20 Å². The third-order valence-electron chi connectivity index (χ3n) is 3.20. The standard InChI is InChI=1S/C13H18N4S2/c1-2-14-13-16-10(9-18-13)11-7-15-12(19-11)8-17-5-3-4-6-17/h7,9H,2-6,8H2,1H3,(H,14,16). The minimum Gasteiger partial charge on any atom is -0.362 e. The Morgan fingerprint density at radius 3 is 3.00 bits per heavy atom. The fourth-order valence-electron chi connectivity index (χ4n) is 2.25. The van der Waals surface area contributed by atoms with E-state index in [0.717, 1.165) is 23.9 Å². The van der Waals surface area contributed by atoms with Crippen LogP contribution >= 0.6 is 22.7 Å². The minimum absolute atomic E-state index is 0.913. The second-order valence-corrected chi connectivity index (χ2v) is 6.64. The normalized spacial score (nSPS) is 16.1. The maximum absolute atomic E-state index is 4.58. The molecular weight excluding hydrogens is 276 g/mol. The Labute approximate surface area is 121 Å². The summed E-state index contributed by atoms with van der Waals surface area (Å²) in [5, 5.41) is 7.55. The summed E-state index contributed by atoms with van der Waals surface area (Å²) in [5.74, 6) is 0. The van der Waals surface area contributed by atoms with E-state index < -0.39 is 0 Å². The van der Waals surface area contributed by atoms with E-state index in [1.54, 1.807) is 22.7 Å². The number of nitrogens with zero attached hydrogens (tertiary/aromatic N) is 3. The Morgan fingerprint density at radius 2 is 2.21 bits per heavy atom. The molecule has 1 fully saturated rings. The van der Waals surface area contributed by atoms with Gasteiger partial charge in [0, 0.05) is 18.1 Å². The van der Waals surface area contributed by atoms with Gasteiger partial charge in [-0.25, -0.2) is 9.97 Å². The minimum atomic E-state index is 0.913. The van der Waals surface area contributed by atoms with Crippen molar-refractivity contribution in [2.24, 2.45) is 0 Å². The van der Waals surface area contributed by atoms with Crippen LogP contribution in [0.25, 0.3) is 10.6 Å². The van der Waals surface area contributed by atoms with Crippen molar-refractivity contribution < 1.29 is 0 Å². The first-order valence-electron chi connectivity index (χ1n) is 6.72. The lowest BCUT2D eigenvalue weighted by molar-refractivity contribution is 0.331. The van der Waals surface area contributed by atoms with Crippen LogP contribution in [0.5, 0.6) is 0 Å². The Hall–Kier alpha value is -0.980. The van der Waals surface area contributed by atoms with E-state index in [0.29, 0.717) is 0 Å². The first kappa shape index (κ1) is 13.0. The molecule has 102 valence electrons. The first-order valence-corrected chi connectivity index (χ1v) is 8.41. The number of anilines is 1. The maximum Gasteiger partial charge on any atom is 0.183 e. The third kappa shape index (κ3) is 3.13. The molecule has 0 aliphatic carbocycles. The highest BCUT2D eigenvalue weighted by atomic mass is 32.1. The van der Waals surface area contributed by atoms with Gasteiger partial charge in [-0.15, -0.1) is 22.7 Å². The molecule has 0 aromatic carbocycles. The van der Waals surface area contributed by atoms with Gasteiger partial charge in [0.25, 0.3) is 0 Å². The molecule has 6 heteroatoms. The molecule has 0 amide bonds. The zero-order valence-corrected chi connectivity index (χ0v) is 12.7. The highest BCUT2D eigenvalue weighted by Crippen LogP contribution is 2.30. The van der Waals surface area contributed by atoms with Crippen LogP contribution in [0.2, 0.25) is 0 Å². The van der Waals surface area contributed by atoms with Gasteiger partial charge in [-0.1, -0.05) is 0 Å². The summed E-state index contributed by atoms with van der Waals surface area (Å²) < 4.78 is 0. The van der Waals surface area contributed by atoms with Gasteiger partial charge >= 0.3 is 0 Å². The second kappa shape index (κ2) is 5.98. The van der Waals surface area contributed by atoms with E-state index in [4.69, 9.17) is 0 Å². The Morgan fingerprint density at radius 1 is 1.37 bits per heavy atom. The predicted octanol–water partition coefficient (Wildman–Crippen LogP) is 3.29. The van der Waals surface area contributed by atoms with Crippen LogP contribution in [-0.4, -0.2) is 34.5 Å². The highest BCUT2D eigenvalue weighted by Gasteiger charge is 2.14. The van der Waals surface area contributed by atoms with E-state index in [-0.39, 0.29) is 0 Å². The molecule has 0 bridgehead atoms. The van der Waals surface area contributed by atoms with Gasteiger partial charge in [-0.2, -0.15) is 0 Å². The molecule has 2 aromatic heterocycles. The van der Waals surface area contributed by atoms with Crippen LogP contribution in [0, 0.1) is 0 Å². The van der Waals surface area contributed by atoms with Gasteiger partial charge < -0.3 is 5.32 Å². The summed E-state index contributed by atoms with van der Waals surface area (Å²) in [6, 6.07) is 0. The van der Waals surface area contributed by atoms with Crippen molar-refractivity contribution in [1.29, 1.82) is 0 Å². The predicted molar refractivity (Wildman–Crippen MR) is 81.9 cm³/mol. The van der Waals surface area contributed by atoms with Crippen molar-refractivity contribution in [2.45, 2.75) is 26.3 Å². The fraction of sp³-hybridized carbons (Fsp3) is 0.538. The molecule has 3 rings (SSSR count). The van der Waals surface area contributed by atoms with Gasteiger partial charge in [-0.3, -0.25) is 4.90 Å². The molecule has 2 aromatic rings. The number of hydrogen-bond donors (Lipinski definition) is 1. The van der Waals surface area contributed by atoms with Crippen molar-refractivity contribution in [2.75, 3.05) is 25.0 Å². The Kier molecular flexibility index (Phi) is 4.10. The summed E-state index contributed by atoms with van der Waals surface area (Å²) in [7, 11) is 0. The Balaban J connectivity index is 1.68. The molecule has 1 aliphatic heterocycles. The summed E-state index contributed by atoms with van der Waals surface area (Å²) in [6.45, 7) is 6.43. The molecule has 0 saturated carbocycles. The Bertz CT molecular complexity index is 528. The van der Waals surface area contributed by atoms with Crippen molar-refractivity contribution in [3.63, 3.8) is 0 Å². The molecule has 4 nitrogen and oxygen atoms in total. The van der Waals surface area contributed by atoms with Crippen LogP contribution < -0.4 is 5.32 Å². The molecule has 1 N–H and O–H groups in total. The zero-order chi connectivity index (χ0) is 13.1. The van der Waals surface area contributed by atoms with Crippen LogP contribution in [0.15, 0.2) is 11.6 Å². The lowest BCUT2D eigenvalue weighted by Gasteiger charge is -2.11. The number of thiazole rings is 2. The van der Waals surface area contributed by atoms with Gasteiger partial charge in [0.05, 0.1) is 17.1 Å². The monoisotopic (exact) mass is 294 g/mol. The van der Waals surface area contributed by atoms with Crippen LogP contribution in [0.4, 0.5) is 5.13 Å². The number of nitrogens with one attached hydrogen (secondary N) is 1. The molecule has 0 atom stereocenters. The zero-order valence-electron chi connectivity index (χ0n) is 11.1. The average Bonchev–Trinajstić information content (AvgIpc) is 3.10. The molecule has 0 unspecified atom stereocenters. The molecule has 3 heterocycles. The topological polar surface area (TPSA) is 41.1 Å². The fourth-order valence-corrected chi connectivity index (χ4v) is 4.03. The number of hydrogen-bond acceptors (Lipinski definition) is 6. The quantitative estimate of drug-likeness (QED) is 0.918. The molecule has 19 heavy (non-hydrogen) atoms. The molecular formula is C13H18N4S2. The highest BCUT2D eigenvalue weighted by molar-refractivity contribution is 7.16. The largest absolute Gasteiger partial charge is 0.362 e. The SMILES string of the molecule is CCNc1nc(-c2cnc(CN3CCCC3)s2)cs1. The van der Waals surface area contributed by atoms with E-state index >= 15 is 0 Å². The summed E-state index contributed by atoms with van der Waals surface area (Å²) in [4.78, 5) is 12.8.